The zero-order chi connectivity index (χ0) is 15.0. The molecule has 0 spiro atoms. The average Bonchev–Trinajstić information content (AvgIpc) is 2.37. The summed E-state index contributed by atoms with van der Waals surface area (Å²) in [6.45, 7) is 1.43. The van der Waals surface area contributed by atoms with Crippen LogP contribution in [-0.2, 0) is 0 Å². The van der Waals surface area contributed by atoms with Crippen LogP contribution < -0.4 is 0 Å². The first-order chi connectivity index (χ1) is 9.31. The van der Waals surface area contributed by atoms with E-state index in [1.54, 1.807) is 0 Å². The Balaban J connectivity index is 2.54. The van der Waals surface area contributed by atoms with Crippen LogP contribution in [0.4, 0.5) is 13.2 Å². The topological polar surface area (TPSA) is 20.2 Å². The van der Waals surface area contributed by atoms with Crippen LogP contribution in [0, 0.1) is 24.4 Å². The highest BCUT2D eigenvalue weighted by Gasteiger charge is 2.21. The lowest BCUT2D eigenvalue weighted by Gasteiger charge is -2.15. The van der Waals surface area contributed by atoms with E-state index in [1.165, 1.54) is 13.0 Å². The van der Waals surface area contributed by atoms with E-state index >= 15 is 0 Å². The largest absolute Gasteiger partial charge is 0.383 e. The summed E-state index contributed by atoms with van der Waals surface area (Å²) in [6, 6.07) is 4.08. The molecule has 1 atom stereocenters. The van der Waals surface area contributed by atoms with Crippen molar-refractivity contribution in [2.75, 3.05) is 0 Å². The van der Waals surface area contributed by atoms with Gasteiger partial charge in [0, 0.05) is 21.7 Å². The number of rotatable bonds is 2. The molecule has 106 valence electrons. The lowest BCUT2D eigenvalue weighted by atomic mass is 9.98. The minimum absolute atomic E-state index is 0.157. The summed E-state index contributed by atoms with van der Waals surface area (Å²) < 4.78 is 41.1. The lowest BCUT2D eigenvalue weighted by Crippen LogP contribution is -2.06. The van der Waals surface area contributed by atoms with Crippen molar-refractivity contribution < 1.29 is 18.3 Å². The van der Waals surface area contributed by atoms with Gasteiger partial charge >= 0.3 is 0 Å². The number of aliphatic hydroxyl groups is 1. The number of halogens is 5. The van der Waals surface area contributed by atoms with Gasteiger partial charge in [0.15, 0.2) is 0 Å². The van der Waals surface area contributed by atoms with Gasteiger partial charge in [0.05, 0.1) is 5.02 Å². The fraction of sp³-hybridized carbons (Fsp3) is 0.143. The van der Waals surface area contributed by atoms with Crippen molar-refractivity contribution in [1.82, 2.24) is 0 Å². The Kier molecular flexibility index (Phi) is 4.42. The first-order valence-corrected chi connectivity index (χ1v) is 6.76. The van der Waals surface area contributed by atoms with Crippen molar-refractivity contribution in [3.8, 4) is 0 Å². The fourth-order valence-corrected chi connectivity index (χ4v) is 2.29. The molecule has 0 aliphatic carbocycles. The number of hydrogen-bond donors (Lipinski definition) is 1. The van der Waals surface area contributed by atoms with E-state index in [9.17, 15) is 18.3 Å². The van der Waals surface area contributed by atoms with E-state index in [-0.39, 0.29) is 21.7 Å². The molecule has 2 aromatic rings. The second kappa shape index (κ2) is 5.76. The Morgan fingerprint density at radius 2 is 1.55 bits per heavy atom. The summed E-state index contributed by atoms with van der Waals surface area (Å²) in [4.78, 5) is 0. The standard InChI is InChI=1S/C14H9BrClF3O/c1-6-2-7(13(19)5-11(6)17)14(20)8-3-10(16)9(15)4-12(8)18/h2-5,14,20H,1H3. The summed E-state index contributed by atoms with van der Waals surface area (Å²) in [5, 5.41) is 10.3. The van der Waals surface area contributed by atoms with Crippen LogP contribution in [0.25, 0.3) is 0 Å². The molecule has 0 amide bonds. The highest BCUT2D eigenvalue weighted by molar-refractivity contribution is 9.10. The molecule has 2 rings (SSSR count). The van der Waals surface area contributed by atoms with Gasteiger partial charge in [-0.25, -0.2) is 13.2 Å². The number of aliphatic hydroxyl groups excluding tert-OH is 1. The lowest BCUT2D eigenvalue weighted by molar-refractivity contribution is 0.209. The second-order valence-electron chi connectivity index (χ2n) is 4.31. The maximum Gasteiger partial charge on any atom is 0.132 e. The molecule has 1 unspecified atom stereocenters. The zero-order valence-corrected chi connectivity index (χ0v) is 12.6. The predicted molar refractivity (Wildman–Crippen MR) is 74.3 cm³/mol. The summed E-state index contributed by atoms with van der Waals surface area (Å²) in [5.41, 5.74) is -0.228. The normalized spacial score (nSPS) is 12.6. The molecular weight excluding hydrogens is 357 g/mol. The summed E-state index contributed by atoms with van der Waals surface area (Å²) in [5.74, 6) is -2.41. The van der Waals surface area contributed by atoms with Crippen molar-refractivity contribution in [2.45, 2.75) is 13.0 Å². The van der Waals surface area contributed by atoms with Gasteiger partial charge in [0.25, 0.3) is 0 Å². The minimum Gasteiger partial charge on any atom is -0.383 e. The third-order valence-electron chi connectivity index (χ3n) is 2.91. The molecule has 6 heteroatoms. The first-order valence-electron chi connectivity index (χ1n) is 5.59. The molecular formula is C14H9BrClF3O. The van der Waals surface area contributed by atoms with E-state index < -0.39 is 23.6 Å². The highest BCUT2D eigenvalue weighted by Crippen LogP contribution is 2.33. The third-order valence-corrected chi connectivity index (χ3v) is 4.10. The minimum atomic E-state index is -1.57. The van der Waals surface area contributed by atoms with E-state index in [2.05, 4.69) is 15.9 Å². The molecule has 0 saturated heterocycles. The number of benzene rings is 2. The maximum atomic E-state index is 13.8. The Bertz CT molecular complexity index is 618. The van der Waals surface area contributed by atoms with Crippen LogP contribution in [-0.4, -0.2) is 5.11 Å². The van der Waals surface area contributed by atoms with Gasteiger partial charge in [-0.2, -0.15) is 0 Å². The van der Waals surface area contributed by atoms with Gasteiger partial charge in [-0.3, -0.25) is 0 Å². The molecule has 0 aromatic heterocycles. The molecule has 1 nitrogen and oxygen atoms in total. The van der Waals surface area contributed by atoms with Crippen LogP contribution in [0.5, 0.6) is 0 Å². The average molecular weight is 366 g/mol. The highest BCUT2D eigenvalue weighted by atomic mass is 79.9. The first kappa shape index (κ1) is 15.4. The van der Waals surface area contributed by atoms with Crippen molar-refractivity contribution in [1.29, 1.82) is 0 Å². The van der Waals surface area contributed by atoms with Gasteiger partial charge in [-0.1, -0.05) is 11.6 Å². The third kappa shape index (κ3) is 2.85. The molecule has 1 N–H and O–H groups in total. The van der Waals surface area contributed by atoms with Crippen molar-refractivity contribution in [3.05, 3.63) is 67.9 Å². The van der Waals surface area contributed by atoms with Gasteiger partial charge in [-0.05, 0) is 46.6 Å². The molecule has 0 radical (unpaired) electrons. The second-order valence-corrected chi connectivity index (χ2v) is 5.57. The predicted octanol–water partition coefficient (Wildman–Crippen LogP) is 4.91. The molecule has 0 saturated carbocycles. The maximum absolute atomic E-state index is 13.8. The Morgan fingerprint density at radius 1 is 1.00 bits per heavy atom. The van der Waals surface area contributed by atoms with E-state index in [4.69, 9.17) is 11.6 Å². The molecule has 20 heavy (non-hydrogen) atoms. The Labute approximate surface area is 127 Å². The smallest absolute Gasteiger partial charge is 0.132 e. The van der Waals surface area contributed by atoms with E-state index in [1.807, 2.05) is 0 Å². The number of aryl methyl sites for hydroxylation is 1. The monoisotopic (exact) mass is 364 g/mol. The van der Waals surface area contributed by atoms with Crippen LogP contribution >= 0.6 is 27.5 Å². The summed E-state index contributed by atoms with van der Waals surface area (Å²) >= 11 is 8.88. The van der Waals surface area contributed by atoms with Crippen molar-refractivity contribution >= 4 is 27.5 Å². The summed E-state index contributed by atoms with van der Waals surface area (Å²) in [6.07, 6.45) is -1.57. The van der Waals surface area contributed by atoms with Crippen molar-refractivity contribution in [2.24, 2.45) is 0 Å². The van der Waals surface area contributed by atoms with Crippen LogP contribution in [0.15, 0.2) is 28.7 Å². The Morgan fingerprint density at radius 3 is 2.20 bits per heavy atom. The molecule has 0 aliphatic rings. The van der Waals surface area contributed by atoms with Crippen LogP contribution in [0.2, 0.25) is 5.02 Å². The van der Waals surface area contributed by atoms with Gasteiger partial charge in [0.2, 0.25) is 0 Å². The number of hydrogen-bond acceptors (Lipinski definition) is 1. The van der Waals surface area contributed by atoms with Crippen LogP contribution in [0.1, 0.15) is 22.8 Å². The van der Waals surface area contributed by atoms with Gasteiger partial charge < -0.3 is 5.11 Å². The van der Waals surface area contributed by atoms with Gasteiger partial charge in [-0.15, -0.1) is 0 Å². The summed E-state index contributed by atoms with van der Waals surface area (Å²) in [7, 11) is 0. The SMILES string of the molecule is Cc1cc(C(O)c2cc(Cl)c(Br)cc2F)c(F)cc1F. The van der Waals surface area contributed by atoms with E-state index in [0.717, 1.165) is 12.1 Å². The fourth-order valence-electron chi connectivity index (χ4n) is 1.80. The van der Waals surface area contributed by atoms with Crippen LogP contribution in [0.3, 0.4) is 0 Å². The zero-order valence-electron chi connectivity index (χ0n) is 10.2. The molecule has 0 bridgehead atoms. The molecule has 0 heterocycles. The molecule has 0 fully saturated rings. The molecule has 0 aliphatic heterocycles. The van der Waals surface area contributed by atoms with Crippen molar-refractivity contribution in [3.63, 3.8) is 0 Å². The van der Waals surface area contributed by atoms with Gasteiger partial charge in [0.1, 0.15) is 23.6 Å². The Hall–Kier alpha value is -1.04. The van der Waals surface area contributed by atoms with E-state index in [0.29, 0.717) is 10.5 Å². The quantitative estimate of drug-likeness (QED) is 0.750. The molecule has 2 aromatic carbocycles.